The van der Waals surface area contributed by atoms with E-state index in [1.165, 1.54) is 6.92 Å². The zero-order chi connectivity index (χ0) is 14.8. The van der Waals surface area contributed by atoms with Gasteiger partial charge in [-0.05, 0) is 13.3 Å². The van der Waals surface area contributed by atoms with Crippen LogP contribution < -0.4 is 0 Å². The Morgan fingerprint density at radius 1 is 1.37 bits per heavy atom. The minimum atomic E-state index is -3.53. The monoisotopic (exact) mass is 290 g/mol. The molecule has 1 aliphatic rings. The molecule has 0 bridgehead atoms. The molecule has 0 spiro atoms. The predicted molar refractivity (Wildman–Crippen MR) is 72.3 cm³/mol. The Kier molecular flexibility index (Phi) is 5.15. The number of sulfone groups is 1. The number of esters is 1. The third-order valence-electron chi connectivity index (χ3n) is 3.19. The number of hydrogen-bond acceptors (Lipinski definition) is 5. The highest BCUT2D eigenvalue weighted by molar-refractivity contribution is 7.92. The first-order chi connectivity index (χ1) is 8.69. The van der Waals surface area contributed by atoms with Gasteiger partial charge in [-0.1, -0.05) is 26.0 Å². The molecule has 0 aromatic heterocycles. The average molecular weight is 290 g/mol. The highest BCUT2D eigenvalue weighted by Crippen LogP contribution is 2.34. The molecular weight excluding hydrogens is 268 g/mol. The first-order valence-electron chi connectivity index (χ1n) is 6.37. The van der Waals surface area contributed by atoms with Crippen LogP contribution in [0.3, 0.4) is 0 Å². The minimum absolute atomic E-state index is 0.140. The van der Waals surface area contributed by atoms with E-state index >= 15 is 0 Å². The van der Waals surface area contributed by atoms with Crippen molar-refractivity contribution in [3.05, 3.63) is 12.2 Å². The van der Waals surface area contributed by atoms with Gasteiger partial charge in [0, 0.05) is 12.8 Å². The summed E-state index contributed by atoms with van der Waals surface area (Å²) >= 11 is 0. The van der Waals surface area contributed by atoms with Crippen molar-refractivity contribution in [1.29, 1.82) is 0 Å². The van der Waals surface area contributed by atoms with E-state index in [1.807, 2.05) is 13.8 Å². The minimum Gasteiger partial charge on any atom is -0.458 e. The number of ether oxygens (including phenoxy) is 2. The summed E-state index contributed by atoms with van der Waals surface area (Å²) in [5, 5.41) is 0. The van der Waals surface area contributed by atoms with Crippen molar-refractivity contribution in [2.45, 2.75) is 51.8 Å². The quantitative estimate of drug-likeness (QED) is 0.569. The topological polar surface area (TPSA) is 69.7 Å². The smallest absolute Gasteiger partial charge is 0.303 e. The van der Waals surface area contributed by atoms with Gasteiger partial charge in [-0.25, -0.2) is 8.42 Å². The fraction of sp³-hybridized carbons (Fsp3) is 0.769. The van der Waals surface area contributed by atoms with Gasteiger partial charge in [0.15, 0.2) is 15.3 Å². The van der Waals surface area contributed by atoms with Crippen LogP contribution >= 0.6 is 0 Å². The van der Waals surface area contributed by atoms with Gasteiger partial charge in [-0.15, -0.1) is 0 Å². The SMILES string of the molecule is C=C(C)CS(=O)(=O)C1O[C@H](CC)[C@@H](C)[C@H]1OC(C)=O. The predicted octanol–water partition coefficient (Wildman–Crippen LogP) is 1.68. The summed E-state index contributed by atoms with van der Waals surface area (Å²) in [6.07, 6.45) is -0.279. The summed E-state index contributed by atoms with van der Waals surface area (Å²) in [7, 11) is -3.53. The van der Waals surface area contributed by atoms with Gasteiger partial charge < -0.3 is 9.47 Å². The Labute approximate surface area is 114 Å². The van der Waals surface area contributed by atoms with E-state index < -0.39 is 27.3 Å². The molecule has 0 amide bonds. The van der Waals surface area contributed by atoms with Gasteiger partial charge in [-0.3, -0.25) is 4.79 Å². The number of hydrogen-bond donors (Lipinski definition) is 0. The second-order valence-electron chi connectivity index (χ2n) is 5.15. The maximum Gasteiger partial charge on any atom is 0.303 e. The van der Waals surface area contributed by atoms with E-state index in [2.05, 4.69) is 6.58 Å². The Balaban J connectivity index is 3.02. The lowest BCUT2D eigenvalue weighted by Crippen LogP contribution is -2.37. The largest absolute Gasteiger partial charge is 0.458 e. The Morgan fingerprint density at radius 2 is 1.95 bits per heavy atom. The van der Waals surface area contributed by atoms with Crippen molar-refractivity contribution in [2.24, 2.45) is 5.92 Å². The van der Waals surface area contributed by atoms with Crippen LogP contribution in [0.1, 0.15) is 34.1 Å². The molecule has 0 radical (unpaired) electrons. The van der Waals surface area contributed by atoms with Crippen molar-refractivity contribution >= 4 is 15.8 Å². The van der Waals surface area contributed by atoms with Crippen LogP contribution in [0.25, 0.3) is 0 Å². The number of carbonyl (C=O) groups excluding carboxylic acids is 1. The first-order valence-corrected chi connectivity index (χ1v) is 8.09. The Hall–Kier alpha value is -0.880. The van der Waals surface area contributed by atoms with Crippen LogP contribution in [0, 0.1) is 5.92 Å². The third-order valence-corrected chi connectivity index (χ3v) is 5.17. The molecular formula is C13H22O5S. The lowest BCUT2D eigenvalue weighted by atomic mass is 10.00. The summed E-state index contributed by atoms with van der Waals surface area (Å²) in [5.41, 5.74) is -0.550. The van der Waals surface area contributed by atoms with Crippen molar-refractivity contribution in [3.8, 4) is 0 Å². The zero-order valence-corrected chi connectivity index (χ0v) is 12.7. The standard InChI is InChI=1S/C13H22O5S/c1-6-11-9(4)12(17-10(5)14)13(18-11)19(15,16)7-8(2)3/h9,11-13H,2,6-7H2,1,3-5H3/t9-,11-,12-,13?/m1/s1. The highest BCUT2D eigenvalue weighted by atomic mass is 32.2. The molecule has 1 aliphatic heterocycles. The van der Waals surface area contributed by atoms with Crippen molar-refractivity contribution < 1.29 is 22.7 Å². The molecule has 0 aliphatic carbocycles. The maximum atomic E-state index is 12.3. The number of rotatable bonds is 5. The summed E-state index contributed by atoms with van der Waals surface area (Å²) in [5.74, 6) is -0.787. The Morgan fingerprint density at radius 3 is 2.37 bits per heavy atom. The fourth-order valence-corrected chi connectivity index (χ4v) is 4.25. The first kappa shape index (κ1) is 16.2. The van der Waals surface area contributed by atoms with Crippen molar-refractivity contribution in [3.63, 3.8) is 0 Å². The molecule has 1 fully saturated rings. The lowest BCUT2D eigenvalue weighted by Gasteiger charge is -2.21. The molecule has 19 heavy (non-hydrogen) atoms. The molecule has 4 atom stereocenters. The summed E-state index contributed by atoms with van der Waals surface area (Å²) < 4.78 is 35.3. The molecule has 0 saturated carbocycles. The molecule has 1 saturated heterocycles. The van der Waals surface area contributed by atoms with Gasteiger partial charge in [0.2, 0.25) is 0 Å². The summed E-state index contributed by atoms with van der Waals surface area (Å²) in [4.78, 5) is 11.1. The molecule has 110 valence electrons. The normalized spacial score (nSPS) is 31.2. The summed E-state index contributed by atoms with van der Waals surface area (Å²) in [6, 6.07) is 0. The highest BCUT2D eigenvalue weighted by Gasteiger charge is 2.49. The van der Waals surface area contributed by atoms with Crippen LogP contribution in [-0.4, -0.2) is 37.8 Å². The molecule has 1 unspecified atom stereocenters. The molecule has 1 heterocycles. The van der Waals surface area contributed by atoms with E-state index in [9.17, 15) is 13.2 Å². The van der Waals surface area contributed by atoms with E-state index in [1.54, 1.807) is 6.92 Å². The van der Waals surface area contributed by atoms with Crippen LogP contribution in [0.15, 0.2) is 12.2 Å². The van der Waals surface area contributed by atoms with Crippen molar-refractivity contribution in [1.82, 2.24) is 0 Å². The van der Waals surface area contributed by atoms with Gasteiger partial charge >= 0.3 is 5.97 Å². The van der Waals surface area contributed by atoms with Crippen LogP contribution in [0.2, 0.25) is 0 Å². The fourth-order valence-electron chi connectivity index (χ4n) is 2.37. The molecule has 5 nitrogen and oxygen atoms in total. The number of carbonyl (C=O) groups is 1. The van der Waals surface area contributed by atoms with E-state index in [4.69, 9.17) is 9.47 Å². The second-order valence-corrected chi connectivity index (χ2v) is 7.23. The van der Waals surface area contributed by atoms with E-state index in [0.29, 0.717) is 12.0 Å². The van der Waals surface area contributed by atoms with Gasteiger partial charge in [0.1, 0.15) is 6.10 Å². The average Bonchev–Trinajstić information content (AvgIpc) is 2.54. The maximum absolute atomic E-state index is 12.3. The van der Waals surface area contributed by atoms with Gasteiger partial charge in [0.05, 0.1) is 11.9 Å². The lowest BCUT2D eigenvalue weighted by molar-refractivity contribution is -0.148. The summed E-state index contributed by atoms with van der Waals surface area (Å²) in [6.45, 7) is 10.3. The molecule has 1 rings (SSSR count). The van der Waals surface area contributed by atoms with E-state index in [-0.39, 0.29) is 17.8 Å². The van der Waals surface area contributed by atoms with E-state index in [0.717, 1.165) is 0 Å². The van der Waals surface area contributed by atoms with Crippen LogP contribution in [0.4, 0.5) is 0 Å². The van der Waals surface area contributed by atoms with Crippen LogP contribution in [0.5, 0.6) is 0 Å². The third kappa shape index (κ3) is 3.79. The van der Waals surface area contributed by atoms with Crippen molar-refractivity contribution in [2.75, 3.05) is 5.75 Å². The Bertz CT molecular complexity index is 454. The second kappa shape index (κ2) is 6.05. The molecule has 6 heteroatoms. The molecule has 0 aromatic carbocycles. The molecule has 0 aromatic rings. The molecule has 0 N–H and O–H groups in total. The van der Waals surface area contributed by atoms with Gasteiger partial charge in [0.25, 0.3) is 0 Å². The van der Waals surface area contributed by atoms with Crippen LogP contribution in [-0.2, 0) is 24.1 Å². The zero-order valence-electron chi connectivity index (χ0n) is 11.9. The van der Waals surface area contributed by atoms with Gasteiger partial charge in [-0.2, -0.15) is 0 Å².